The van der Waals surface area contributed by atoms with E-state index in [-0.39, 0.29) is 5.60 Å². The first kappa shape index (κ1) is 17.1. The van der Waals surface area contributed by atoms with Gasteiger partial charge >= 0.3 is 0 Å². The smallest absolute Gasteiger partial charge is 0.187 e. The molecule has 17 heavy (non-hydrogen) atoms. The second-order valence-corrected chi connectivity index (χ2v) is 16.1. The summed E-state index contributed by atoms with van der Waals surface area (Å²) in [5.74, 6) is 0. The molecule has 0 aliphatic rings. The molecule has 0 amide bonds. The molecule has 0 saturated carbocycles. The highest BCUT2D eigenvalue weighted by molar-refractivity contribution is 6.82. The summed E-state index contributed by atoms with van der Waals surface area (Å²) in [6.45, 7) is 20.2. The van der Waals surface area contributed by atoms with E-state index in [1.54, 1.807) is 0 Å². The van der Waals surface area contributed by atoms with Crippen LogP contribution in [0.15, 0.2) is 12.3 Å². The number of rotatable bonds is 8. The van der Waals surface area contributed by atoms with Crippen LogP contribution in [0.3, 0.4) is 0 Å². The van der Waals surface area contributed by atoms with Gasteiger partial charge in [-0.25, -0.2) is 0 Å². The van der Waals surface area contributed by atoms with Crippen LogP contribution in [0.25, 0.3) is 0 Å². The summed E-state index contributed by atoms with van der Waals surface area (Å²) in [6, 6.07) is 2.45. The van der Waals surface area contributed by atoms with Gasteiger partial charge < -0.3 is 4.43 Å². The first-order chi connectivity index (χ1) is 7.54. The molecule has 0 aromatic rings. The van der Waals surface area contributed by atoms with E-state index in [9.17, 15) is 0 Å². The molecule has 1 nitrogen and oxygen atoms in total. The predicted octanol–water partition coefficient (Wildman–Crippen LogP) is 5.22. The zero-order valence-electron chi connectivity index (χ0n) is 13.0. The molecule has 0 saturated heterocycles. The molecule has 3 heteroatoms. The maximum atomic E-state index is 6.49. The van der Waals surface area contributed by atoms with E-state index in [0.29, 0.717) is 0 Å². The van der Waals surface area contributed by atoms with Crippen molar-refractivity contribution in [1.82, 2.24) is 0 Å². The summed E-state index contributed by atoms with van der Waals surface area (Å²) in [5, 5.41) is 0. The van der Waals surface area contributed by atoms with Crippen molar-refractivity contribution in [3.05, 3.63) is 12.3 Å². The molecule has 0 atom stereocenters. The molecule has 0 fully saturated rings. The van der Waals surface area contributed by atoms with Gasteiger partial charge in [-0.2, -0.15) is 0 Å². The molecule has 0 N–H and O–H groups in total. The molecule has 0 rings (SSSR count). The zero-order chi connectivity index (χ0) is 13.7. The summed E-state index contributed by atoms with van der Waals surface area (Å²) < 4.78 is 6.49. The lowest BCUT2D eigenvalue weighted by molar-refractivity contribution is 0.118. The molecule has 0 aromatic heterocycles. The summed E-state index contributed by atoms with van der Waals surface area (Å²) in [5.41, 5.74) is 2.20. The van der Waals surface area contributed by atoms with Crippen LogP contribution in [0.5, 0.6) is 0 Å². The van der Waals surface area contributed by atoms with E-state index in [4.69, 9.17) is 4.43 Å². The highest BCUT2D eigenvalue weighted by Crippen LogP contribution is 2.30. The minimum Gasteiger partial charge on any atom is -0.413 e. The van der Waals surface area contributed by atoms with Crippen molar-refractivity contribution < 1.29 is 4.43 Å². The van der Waals surface area contributed by atoms with E-state index in [1.807, 2.05) is 0 Å². The third-order valence-electron chi connectivity index (χ3n) is 3.12. The molecule has 0 spiro atoms. The van der Waals surface area contributed by atoms with Crippen molar-refractivity contribution in [2.24, 2.45) is 0 Å². The number of unbranched alkanes of at least 4 members (excludes halogenated alkanes) is 1. The van der Waals surface area contributed by atoms with E-state index in [2.05, 4.69) is 59.2 Å². The quantitative estimate of drug-likeness (QED) is 0.550. The maximum Gasteiger partial charge on any atom is 0.187 e. The zero-order valence-corrected chi connectivity index (χ0v) is 15.0. The first-order valence-electron chi connectivity index (χ1n) is 6.87. The van der Waals surface area contributed by atoms with Crippen molar-refractivity contribution in [3.63, 3.8) is 0 Å². The molecule has 0 heterocycles. The molecule has 0 aromatic carbocycles. The topological polar surface area (TPSA) is 9.23 Å². The van der Waals surface area contributed by atoms with Crippen LogP contribution in [-0.2, 0) is 4.43 Å². The van der Waals surface area contributed by atoms with Crippen LogP contribution in [0.1, 0.15) is 33.6 Å². The third-order valence-corrected chi connectivity index (χ3v) is 8.65. The lowest BCUT2D eigenvalue weighted by atomic mass is 10.2. The molecule has 0 aliphatic heterocycles. The predicted molar refractivity (Wildman–Crippen MR) is 84.8 cm³/mol. The van der Waals surface area contributed by atoms with Crippen LogP contribution in [0, 0.1) is 0 Å². The van der Waals surface area contributed by atoms with Crippen molar-refractivity contribution >= 4 is 16.4 Å². The second-order valence-electron chi connectivity index (χ2n) is 7.09. The Morgan fingerprint density at radius 2 is 1.71 bits per heavy atom. The van der Waals surface area contributed by atoms with E-state index < -0.39 is 16.4 Å². The van der Waals surface area contributed by atoms with Crippen LogP contribution in [0.4, 0.5) is 0 Å². The molecule has 0 unspecified atom stereocenters. The molecular formula is C14H32OSi2. The fourth-order valence-electron chi connectivity index (χ4n) is 2.61. The highest BCUT2D eigenvalue weighted by atomic mass is 28.4. The Bertz CT molecular complexity index is 245. The first-order valence-corrected chi connectivity index (χ1v) is 13.3. The van der Waals surface area contributed by atoms with E-state index in [1.165, 1.54) is 24.9 Å². The van der Waals surface area contributed by atoms with Gasteiger partial charge in [0, 0.05) is 5.60 Å². The van der Waals surface area contributed by atoms with Crippen molar-refractivity contribution in [2.45, 2.75) is 77.5 Å². The van der Waals surface area contributed by atoms with E-state index in [0.717, 1.165) is 0 Å². The van der Waals surface area contributed by atoms with Crippen LogP contribution < -0.4 is 0 Å². The Kier molecular flexibility index (Phi) is 6.39. The van der Waals surface area contributed by atoms with Crippen molar-refractivity contribution in [3.8, 4) is 0 Å². The minimum atomic E-state index is -1.48. The lowest BCUT2D eigenvalue weighted by Crippen LogP contribution is -2.44. The average Bonchev–Trinajstić information content (AvgIpc) is 2.11. The second kappa shape index (κ2) is 6.34. The van der Waals surface area contributed by atoms with Crippen molar-refractivity contribution in [2.75, 3.05) is 0 Å². The number of hydrogen-bond acceptors (Lipinski definition) is 1. The van der Waals surface area contributed by atoms with Gasteiger partial charge in [-0.15, -0.1) is 12.3 Å². The summed E-state index contributed by atoms with van der Waals surface area (Å²) in [4.78, 5) is 0. The van der Waals surface area contributed by atoms with Crippen LogP contribution in [-0.4, -0.2) is 22.0 Å². The fraction of sp³-hybridized carbons (Fsp3) is 0.857. The monoisotopic (exact) mass is 272 g/mol. The molecule has 0 bridgehead atoms. The van der Waals surface area contributed by atoms with Crippen LogP contribution >= 0.6 is 0 Å². The molecule has 0 aliphatic carbocycles. The Balaban J connectivity index is 4.47. The highest BCUT2D eigenvalue weighted by Gasteiger charge is 2.34. The molecule has 102 valence electrons. The Morgan fingerprint density at radius 3 is 2.12 bits per heavy atom. The minimum absolute atomic E-state index is 0.0212. The normalized spacial score (nSPS) is 13.8. The van der Waals surface area contributed by atoms with Gasteiger partial charge in [-0.1, -0.05) is 32.9 Å². The standard InChI is InChI=1S/C14H32OSi2/c1-9-11-12-17(7,8)15-14(3,4)13-16(5,6)10-2/h10H,2,9,11-13H2,1,3-8H3. The summed E-state index contributed by atoms with van der Waals surface area (Å²) in [6.07, 6.45) is 2.57. The van der Waals surface area contributed by atoms with Gasteiger partial charge in [0.2, 0.25) is 0 Å². The van der Waals surface area contributed by atoms with E-state index >= 15 is 0 Å². The van der Waals surface area contributed by atoms with Crippen LogP contribution in [0.2, 0.25) is 38.3 Å². The Hall–Kier alpha value is 0.134. The summed E-state index contributed by atoms with van der Waals surface area (Å²) in [7, 11) is -2.77. The summed E-state index contributed by atoms with van der Waals surface area (Å²) >= 11 is 0. The lowest BCUT2D eigenvalue weighted by Gasteiger charge is -2.38. The maximum absolute atomic E-state index is 6.49. The van der Waals surface area contributed by atoms with Gasteiger partial charge in [0.15, 0.2) is 8.32 Å². The number of hydrogen-bond donors (Lipinski definition) is 0. The molecular weight excluding hydrogens is 240 g/mol. The third kappa shape index (κ3) is 7.95. The van der Waals surface area contributed by atoms with Gasteiger partial charge in [-0.05, 0) is 39.0 Å². The molecule has 0 radical (unpaired) electrons. The Morgan fingerprint density at radius 1 is 1.18 bits per heavy atom. The Labute approximate surface area is 111 Å². The average molecular weight is 273 g/mol. The van der Waals surface area contributed by atoms with Gasteiger partial charge in [-0.3, -0.25) is 0 Å². The van der Waals surface area contributed by atoms with Gasteiger partial charge in [0.25, 0.3) is 0 Å². The fourth-order valence-corrected chi connectivity index (χ4v) is 8.04. The SMILES string of the molecule is C=C[Si](C)(C)CC(C)(C)O[Si](C)(C)CCCC. The van der Waals surface area contributed by atoms with Crippen molar-refractivity contribution in [1.29, 1.82) is 0 Å². The largest absolute Gasteiger partial charge is 0.413 e. The van der Waals surface area contributed by atoms with Gasteiger partial charge in [0.1, 0.15) is 0 Å². The van der Waals surface area contributed by atoms with Gasteiger partial charge in [0.05, 0.1) is 8.07 Å².